The van der Waals surface area contributed by atoms with Gasteiger partial charge in [-0.25, -0.2) is 13.1 Å². The molecule has 0 atom stereocenters. The van der Waals surface area contributed by atoms with Crippen molar-refractivity contribution in [2.24, 2.45) is 0 Å². The average Bonchev–Trinajstić information content (AvgIpc) is 3.23. The average molecular weight is 433 g/mol. The summed E-state index contributed by atoms with van der Waals surface area (Å²) in [5.41, 5.74) is 2.75. The standard InChI is InChI=1S/C23H20N4O3S/c1-17(28)24-19-12-14-20(15-13-19)26-31(29,30)22-16-27(21-10-6-3-7-11-21)25-23(22)18-8-4-2-5-9-18/h2-16,26H,1H3,(H,24,28). The highest BCUT2D eigenvalue weighted by Gasteiger charge is 2.24. The lowest BCUT2D eigenvalue weighted by atomic mass is 10.2. The number of hydrogen-bond acceptors (Lipinski definition) is 4. The van der Waals surface area contributed by atoms with E-state index in [1.54, 1.807) is 28.9 Å². The molecule has 0 spiro atoms. The highest BCUT2D eigenvalue weighted by molar-refractivity contribution is 7.92. The first-order valence-corrected chi connectivity index (χ1v) is 11.0. The summed E-state index contributed by atoms with van der Waals surface area (Å²) in [5.74, 6) is -0.200. The Morgan fingerprint density at radius 1 is 0.839 bits per heavy atom. The molecule has 156 valence electrons. The maximum atomic E-state index is 13.3. The molecule has 31 heavy (non-hydrogen) atoms. The van der Waals surface area contributed by atoms with Crippen molar-refractivity contribution in [3.8, 4) is 16.9 Å². The fourth-order valence-corrected chi connectivity index (χ4v) is 4.31. The maximum absolute atomic E-state index is 13.3. The molecule has 0 aliphatic heterocycles. The van der Waals surface area contributed by atoms with E-state index in [1.165, 1.54) is 13.1 Å². The largest absolute Gasteiger partial charge is 0.326 e. The normalized spacial score (nSPS) is 11.1. The highest BCUT2D eigenvalue weighted by atomic mass is 32.2. The molecule has 0 radical (unpaired) electrons. The van der Waals surface area contributed by atoms with E-state index >= 15 is 0 Å². The predicted octanol–water partition coefficient (Wildman–Crippen LogP) is 4.30. The van der Waals surface area contributed by atoms with Gasteiger partial charge >= 0.3 is 0 Å². The van der Waals surface area contributed by atoms with Gasteiger partial charge in [0, 0.05) is 23.9 Å². The molecule has 0 unspecified atom stereocenters. The van der Waals surface area contributed by atoms with Crippen molar-refractivity contribution in [1.82, 2.24) is 9.78 Å². The van der Waals surface area contributed by atoms with Crippen LogP contribution in [0.15, 0.2) is 96.0 Å². The number of carbonyl (C=O) groups excluding carboxylic acids is 1. The second-order valence-electron chi connectivity index (χ2n) is 6.85. The number of hydrogen-bond donors (Lipinski definition) is 2. The number of nitrogens with zero attached hydrogens (tertiary/aromatic N) is 2. The molecule has 0 saturated heterocycles. The Morgan fingerprint density at radius 3 is 2.03 bits per heavy atom. The lowest BCUT2D eigenvalue weighted by molar-refractivity contribution is -0.114. The molecule has 4 rings (SSSR count). The number of rotatable bonds is 6. The molecule has 1 aromatic heterocycles. The first-order valence-electron chi connectivity index (χ1n) is 9.53. The molecule has 0 fully saturated rings. The molecular formula is C23H20N4O3S. The fourth-order valence-electron chi connectivity index (χ4n) is 3.10. The SMILES string of the molecule is CC(=O)Nc1ccc(NS(=O)(=O)c2cn(-c3ccccc3)nc2-c2ccccc2)cc1. The van der Waals surface area contributed by atoms with Gasteiger partial charge in [0.05, 0.1) is 11.9 Å². The molecule has 1 amide bonds. The zero-order valence-corrected chi connectivity index (χ0v) is 17.5. The monoisotopic (exact) mass is 432 g/mol. The lowest BCUT2D eigenvalue weighted by Crippen LogP contribution is -2.13. The number of para-hydroxylation sites is 1. The summed E-state index contributed by atoms with van der Waals surface area (Å²) in [7, 11) is -3.94. The third-order valence-corrected chi connectivity index (χ3v) is 5.88. The van der Waals surface area contributed by atoms with Crippen molar-refractivity contribution >= 4 is 27.3 Å². The van der Waals surface area contributed by atoms with E-state index in [9.17, 15) is 13.2 Å². The summed E-state index contributed by atoms with van der Waals surface area (Å²) in [6, 6.07) is 24.9. The van der Waals surface area contributed by atoms with Crippen LogP contribution >= 0.6 is 0 Å². The molecule has 0 aliphatic rings. The van der Waals surface area contributed by atoms with Crippen LogP contribution in [0, 0.1) is 0 Å². The number of sulfonamides is 1. The Morgan fingerprint density at radius 2 is 1.42 bits per heavy atom. The first kappa shape index (κ1) is 20.4. The maximum Gasteiger partial charge on any atom is 0.265 e. The minimum Gasteiger partial charge on any atom is -0.326 e. The topological polar surface area (TPSA) is 93.1 Å². The third kappa shape index (κ3) is 4.65. The van der Waals surface area contributed by atoms with Crippen LogP contribution < -0.4 is 10.0 Å². The van der Waals surface area contributed by atoms with Gasteiger partial charge in [0.15, 0.2) is 0 Å². The van der Waals surface area contributed by atoms with Gasteiger partial charge in [0.1, 0.15) is 10.6 Å². The summed E-state index contributed by atoms with van der Waals surface area (Å²) < 4.78 is 30.7. The second-order valence-corrected chi connectivity index (χ2v) is 8.50. The number of carbonyl (C=O) groups is 1. The second kappa shape index (κ2) is 8.45. The number of benzene rings is 3. The van der Waals surface area contributed by atoms with E-state index in [4.69, 9.17) is 0 Å². The van der Waals surface area contributed by atoms with Gasteiger partial charge in [-0.05, 0) is 36.4 Å². The van der Waals surface area contributed by atoms with Gasteiger partial charge in [-0.1, -0.05) is 48.5 Å². The van der Waals surface area contributed by atoms with Crippen molar-refractivity contribution in [1.29, 1.82) is 0 Å². The molecule has 7 nitrogen and oxygen atoms in total. The minimum absolute atomic E-state index is 0.0634. The lowest BCUT2D eigenvalue weighted by Gasteiger charge is -2.09. The Balaban J connectivity index is 1.73. The number of nitrogens with one attached hydrogen (secondary N) is 2. The van der Waals surface area contributed by atoms with Crippen molar-refractivity contribution in [2.45, 2.75) is 11.8 Å². The molecule has 2 N–H and O–H groups in total. The van der Waals surface area contributed by atoms with Crippen molar-refractivity contribution < 1.29 is 13.2 Å². The van der Waals surface area contributed by atoms with E-state index in [1.807, 2.05) is 60.7 Å². The summed E-state index contributed by atoms with van der Waals surface area (Å²) in [5, 5.41) is 7.20. The van der Waals surface area contributed by atoms with Crippen LogP contribution in [0.25, 0.3) is 16.9 Å². The van der Waals surface area contributed by atoms with Crippen molar-refractivity contribution in [2.75, 3.05) is 10.0 Å². The van der Waals surface area contributed by atoms with E-state index in [0.717, 1.165) is 5.69 Å². The smallest absolute Gasteiger partial charge is 0.265 e. The first-order chi connectivity index (χ1) is 14.9. The van der Waals surface area contributed by atoms with Crippen LogP contribution in [0.5, 0.6) is 0 Å². The Hall–Kier alpha value is -3.91. The Bertz CT molecular complexity index is 1300. The third-order valence-electron chi connectivity index (χ3n) is 4.50. The van der Waals surface area contributed by atoms with Gasteiger partial charge in [0.25, 0.3) is 10.0 Å². The van der Waals surface area contributed by atoms with Gasteiger partial charge < -0.3 is 5.32 Å². The molecule has 3 aromatic carbocycles. The summed E-state index contributed by atoms with van der Waals surface area (Å²) in [6.07, 6.45) is 1.51. The van der Waals surface area contributed by atoms with Crippen LogP contribution in [-0.4, -0.2) is 24.1 Å². The fraction of sp³-hybridized carbons (Fsp3) is 0.0435. The van der Waals surface area contributed by atoms with Crippen LogP contribution in [0.1, 0.15) is 6.92 Å². The van der Waals surface area contributed by atoms with Crippen LogP contribution in [0.3, 0.4) is 0 Å². The van der Waals surface area contributed by atoms with Gasteiger partial charge in [-0.15, -0.1) is 0 Å². The van der Waals surface area contributed by atoms with Crippen LogP contribution in [-0.2, 0) is 14.8 Å². The molecule has 0 aliphatic carbocycles. The number of anilines is 2. The van der Waals surface area contributed by atoms with E-state index < -0.39 is 10.0 Å². The van der Waals surface area contributed by atoms with Gasteiger partial charge in [0.2, 0.25) is 5.91 Å². The quantitative estimate of drug-likeness (QED) is 0.475. The number of amides is 1. The van der Waals surface area contributed by atoms with Crippen LogP contribution in [0.2, 0.25) is 0 Å². The predicted molar refractivity (Wildman–Crippen MR) is 121 cm³/mol. The zero-order valence-electron chi connectivity index (χ0n) is 16.7. The highest BCUT2D eigenvalue weighted by Crippen LogP contribution is 2.29. The molecule has 1 heterocycles. The molecule has 0 bridgehead atoms. The summed E-state index contributed by atoms with van der Waals surface area (Å²) >= 11 is 0. The minimum atomic E-state index is -3.94. The zero-order chi connectivity index (χ0) is 21.8. The van der Waals surface area contributed by atoms with Crippen molar-refractivity contribution in [3.63, 3.8) is 0 Å². The van der Waals surface area contributed by atoms with E-state index in [0.29, 0.717) is 22.6 Å². The summed E-state index contributed by atoms with van der Waals surface area (Å²) in [6.45, 7) is 1.41. The summed E-state index contributed by atoms with van der Waals surface area (Å²) in [4.78, 5) is 11.2. The molecule has 4 aromatic rings. The Kier molecular flexibility index (Phi) is 5.55. The van der Waals surface area contributed by atoms with Gasteiger partial charge in [-0.3, -0.25) is 9.52 Å². The van der Waals surface area contributed by atoms with Crippen molar-refractivity contribution in [3.05, 3.63) is 91.1 Å². The van der Waals surface area contributed by atoms with Crippen LogP contribution in [0.4, 0.5) is 11.4 Å². The Labute approximate surface area is 180 Å². The molecule has 0 saturated carbocycles. The van der Waals surface area contributed by atoms with E-state index in [2.05, 4.69) is 15.1 Å². The molecular weight excluding hydrogens is 412 g/mol. The van der Waals surface area contributed by atoms with Gasteiger partial charge in [-0.2, -0.15) is 5.10 Å². The molecule has 8 heteroatoms. The van der Waals surface area contributed by atoms with E-state index in [-0.39, 0.29) is 10.8 Å². The number of aromatic nitrogens is 2.